The van der Waals surface area contributed by atoms with Crippen LogP contribution in [0, 0.1) is 0 Å². The van der Waals surface area contributed by atoms with Crippen LogP contribution in [0.5, 0.6) is 0 Å². The summed E-state index contributed by atoms with van der Waals surface area (Å²) in [7, 11) is 0. The molecule has 0 spiro atoms. The SMILES string of the molecule is CCOC(=O)NC1CCN(C(=O)c2ccco2)CC1. The number of rotatable bonds is 3. The van der Waals surface area contributed by atoms with Crippen LogP contribution in [0.15, 0.2) is 22.8 Å². The maximum Gasteiger partial charge on any atom is 0.407 e. The van der Waals surface area contributed by atoms with Crippen molar-refractivity contribution in [2.24, 2.45) is 0 Å². The van der Waals surface area contributed by atoms with Crippen LogP contribution in [0.1, 0.15) is 30.3 Å². The van der Waals surface area contributed by atoms with Gasteiger partial charge in [-0.2, -0.15) is 0 Å². The van der Waals surface area contributed by atoms with Crippen molar-refractivity contribution >= 4 is 12.0 Å². The molecule has 0 atom stereocenters. The van der Waals surface area contributed by atoms with Crippen molar-refractivity contribution in [3.8, 4) is 0 Å². The molecule has 6 heteroatoms. The van der Waals surface area contributed by atoms with Crippen molar-refractivity contribution in [1.82, 2.24) is 10.2 Å². The van der Waals surface area contributed by atoms with Crippen molar-refractivity contribution in [3.05, 3.63) is 24.2 Å². The molecule has 0 radical (unpaired) electrons. The zero-order valence-corrected chi connectivity index (χ0v) is 10.9. The van der Waals surface area contributed by atoms with Crippen LogP contribution >= 0.6 is 0 Å². The Bertz CT molecular complexity index is 422. The van der Waals surface area contributed by atoms with Crippen LogP contribution in [0.25, 0.3) is 0 Å². The van der Waals surface area contributed by atoms with E-state index in [2.05, 4.69) is 5.32 Å². The van der Waals surface area contributed by atoms with E-state index in [9.17, 15) is 9.59 Å². The first kappa shape index (κ1) is 13.5. The molecular weight excluding hydrogens is 248 g/mol. The summed E-state index contributed by atoms with van der Waals surface area (Å²) in [6.45, 7) is 3.35. The third-order valence-corrected chi connectivity index (χ3v) is 3.11. The average Bonchev–Trinajstić information content (AvgIpc) is 2.93. The molecule has 0 saturated carbocycles. The van der Waals surface area contributed by atoms with Crippen molar-refractivity contribution < 1.29 is 18.7 Å². The lowest BCUT2D eigenvalue weighted by molar-refractivity contribution is 0.0670. The summed E-state index contributed by atoms with van der Waals surface area (Å²) in [6.07, 6.45) is 2.55. The Labute approximate surface area is 111 Å². The number of nitrogens with one attached hydrogen (secondary N) is 1. The van der Waals surface area contributed by atoms with Crippen molar-refractivity contribution in [3.63, 3.8) is 0 Å². The first-order valence-corrected chi connectivity index (χ1v) is 6.46. The van der Waals surface area contributed by atoms with E-state index in [1.807, 2.05) is 0 Å². The van der Waals surface area contributed by atoms with Crippen LogP contribution in [-0.2, 0) is 4.74 Å². The lowest BCUT2D eigenvalue weighted by Gasteiger charge is -2.31. The Morgan fingerprint density at radius 2 is 2.21 bits per heavy atom. The van der Waals surface area contributed by atoms with Crippen LogP contribution < -0.4 is 5.32 Å². The predicted octanol–water partition coefficient (Wildman–Crippen LogP) is 1.63. The molecule has 1 saturated heterocycles. The van der Waals surface area contributed by atoms with Gasteiger partial charge in [0.15, 0.2) is 5.76 Å². The number of furan rings is 1. The van der Waals surface area contributed by atoms with Gasteiger partial charge in [0.25, 0.3) is 5.91 Å². The van der Waals surface area contributed by atoms with E-state index in [1.165, 1.54) is 6.26 Å². The van der Waals surface area contributed by atoms with Gasteiger partial charge in [-0.1, -0.05) is 0 Å². The number of carbonyl (C=O) groups excluding carboxylic acids is 2. The maximum absolute atomic E-state index is 12.0. The smallest absolute Gasteiger partial charge is 0.407 e. The summed E-state index contributed by atoms with van der Waals surface area (Å²) in [5, 5.41) is 2.79. The normalized spacial score (nSPS) is 16.2. The number of carbonyl (C=O) groups is 2. The second-order valence-electron chi connectivity index (χ2n) is 4.41. The molecule has 0 aliphatic carbocycles. The van der Waals surface area contributed by atoms with Gasteiger partial charge in [-0.05, 0) is 31.9 Å². The topological polar surface area (TPSA) is 71.8 Å². The standard InChI is InChI=1S/C13H18N2O4/c1-2-18-13(17)14-10-5-7-15(8-6-10)12(16)11-4-3-9-19-11/h3-4,9-10H,2,5-8H2,1H3,(H,14,17). The van der Waals surface area contributed by atoms with Crippen LogP contribution in [0.4, 0.5) is 4.79 Å². The number of likely N-dealkylation sites (tertiary alicyclic amines) is 1. The largest absolute Gasteiger partial charge is 0.459 e. The minimum absolute atomic E-state index is 0.0692. The molecule has 1 aliphatic rings. The molecule has 0 aromatic carbocycles. The lowest BCUT2D eigenvalue weighted by atomic mass is 10.1. The first-order chi connectivity index (χ1) is 9.20. The highest BCUT2D eigenvalue weighted by Gasteiger charge is 2.25. The highest BCUT2D eigenvalue weighted by Crippen LogP contribution is 2.14. The Kier molecular flexibility index (Phi) is 4.43. The number of ether oxygens (including phenoxy) is 1. The van der Waals surface area contributed by atoms with E-state index >= 15 is 0 Å². The summed E-state index contributed by atoms with van der Waals surface area (Å²) >= 11 is 0. The molecule has 104 valence electrons. The Balaban J connectivity index is 1.79. The van der Waals surface area contributed by atoms with E-state index in [-0.39, 0.29) is 11.9 Å². The number of alkyl carbamates (subject to hydrolysis) is 1. The molecule has 6 nitrogen and oxygen atoms in total. The molecule has 2 rings (SSSR count). The van der Waals surface area contributed by atoms with Gasteiger partial charge in [-0.3, -0.25) is 4.79 Å². The summed E-state index contributed by atoms with van der Waals surface area (Å²) in [4.78, 5) is 25.0. The minimum atomic E-state index is -0.390. The second-order valence-corrected chi connectivity index (χ2v) is 4.41. The van der Waals surface area contributed by atoms with Crippen LogP contribution in [0.2, 0.25) is 0 Å². The molecular formula is C13H18N2O4. The number of amides is 2. The van der Waals surface area contributed by atoms with Gasteiger partial charge < -0.3 is 19.4 Å². The molecule has 2 heterocycles. The molecule has 19 heavy (non-hydrogen) atoms. The first-order valence-electron chi connectivity index (χ1n) is 6.46. The highest BCUT2D eigenvalue weighted by molar-refractivity contribution is 5.91. The summed E-state index contributed by atoms with van der Waals surface area (Å²) < 4.78 is 9.92. The summed E-state index contributed by atoms with van der Waals surface area (Å²) in [6, 6.07) is 3.42. The van der Waals surface area contributed by atoms with Crippen molar-refractivity contribution in [2.45, 2.75) is 25.8 Å². The molecule has 0 bridgehead atoms. The summed E-state index contributed by atoms with van der Waals surface area (Å²) in [5.74, 6) is 0.261. The fraction of sp³-hybridized carbons (Fsp3) is 0.538. The van der Waals surface area contributed by atoms with Gasteiger partial charge in [0, 0.05) is 19.1 Å². The van der Waals surface area contributed by atoms with E-state index < -0.39 is 6.09 Å². The number of piperidine rings is 1. The predicted molar refractivity (Wildman–Crippen MR) is 67.8 cm³/mol. The van der Waals surface area contributed by atoms with Crippen molar-refractivity contribution in [1.29, 1.82) is 0 Å². The van der Waals surface area contributed by atoms with E-state index in [4.69, 9.17) is 9.15 Å². The zero-order valence-electron chi connectivity index (χ0n) is 10.9. The third kappa shape index (κ3) is 3.49. The average molecular weight is 266 g/mol. The van der Waals surface area contributed by atoms with Crippen LogP contribution in [0.3, 0.4) is 0 Å². The zero-order chi connectivity index (χ0) is 13.7. The molecule has 2 amide bonds. The molecule has 1 N–H and O–H groups in total. The summed E-state index contributed by atoms with van der Waals surface area (Å²) in [5.41, 5.74) is 0. The molecule has 0 unspecified atom stereocenters. The van der Waals surface area contributed by atoms with Gasteiger partial charge in [-0.15, -0.1) is 0 Å². The van der Waals surface area contributed by atoms with Gasteiger partial charge in [0.05, 0.1) is 12.9 Å². The molecule has 1 aliphatic heterocycles. The van der Waals surface area contributed by atoms with Crippen LogP contribution in [-0.4, -0.2) is 42.6 Å². The van der Waals surface area contributed by atoms with E-state index in [0.29, 0.717) is 25.5 Å². The fourth-order valence-electron chi connectivity index (χ4n) is 2.12. The lowest BCUT2D eigenvalue weighted by Crippen LogP contribution is -2.46. The number of nitrogens with zero attached hydrogens (tertiary/aromatic N) is 1. The van der Waals surface area contributed by atoms with Gasteiger partial charge in [0.2, 0.25) is 0 Å². The van der Waals surface area contributed by atoms with Gasteiger partial charge in [0.1, 0.15) is 0 Å². The molecule has 1 aromatic rings. The van der Waals surface area contributed by atoms with Gasteiger partial charge in [-0.25, -0.2) is 4.79 Å². The molecule has 1 aromatic heterocycles. The second kappa shape index (κ2) is 6.26. The Morgan fingerprint density at radius 3 is 2.79 bits per heavy atom. The van der Waals surface area contributed by atoms with Crippen molar-refractivity contribution in [2.75, 3.05) is 19.7 Å². The van der Waals surface area contributed by atoms with E-state index in [1.54, 1.807) is 24.0 Å². The number of hydrogen-bond acceptors (Lipinski definition) is 4. The maximum atomic E-state index is 12.0. The quantitative estimate of drug-likeness (QED) is 0.902. The molecule has 1 fully saturated rings. The Hall–Kier alpha value is -1.98. The Morgan fingerprint density at radius 1 is 1.47 bits per heavy atom. The minimum Gasteiger partial charge on any atom is -0.459 e. The highest BCUT2D eigenvalue weighted by atomic mass is 16.5. The van der Waals surface area contributed by atoms with E-state index in [0.717, 1.165) is 12.8 Å². The fourth-order valence-corrected chi connectivity index (χ4v) is 2.12. The van der Waals surface area contributed by atoms with Gasteiger partial charge >= 0.3 is 6.09 Å². The third-order valence-electron chi connectivity index (χ3n) is 3.11. The number of hydrogen-bond donors (Lipinski definition) is 1. The monoisotopic (exact) mass is 266 g/mol.